The molecule has 2 heterocycles. The molecule has 2 atom stereocenters. The maximum atomic E-state index is 14.4. The summed E-state index contributed by atoms with van der Waals surface area (Å²) >= 11 is 0. The van der Waals surface area contributed by atoms with Gasteiger partial charge in [-0.25, -0.2) is 18.4 Å². The van der Waals surface area contributed by atoms with Gasteiger partial charge in [-0.3, -0.25) is 4.90 Å². The summed E-state index contributed by atoms with van der Waals surface area (Å²) in [6, 6.07) is 2.86. The van der Waals surface area contributed by atoms with Crippen LogP contribution in [-0.2, 0) is 12.1 Å². The zero-order chi connectivity index (χ0) is 17.2. The number of aromatic nitrogens is 3. The highest BCUT2D eigenvalue weighted by molar-refractivity contribution is 5.27. The van der Waals surface area contributed by atoms with Crippen LogP contribution in [0.5, 0.6) is 0 Å². The Morgan fingerprint density at radius 2 is 2.17 bits per heavy atom. The van der Waals surface area contributed by atoms with Crippen LogP contribution in [0, 0.1) is 11.6 Å². The van der Waals surface area contributed by atoms with Crippen LogP contribution in [0.2, 0.25) is 0 Å². The van der Waals surface area contributed by atoms with Crippen LogP contribution >= 0.6 is 0 Å². The van der Waals surface area contributed by atoms with Crippen LogP contribution in [0.1, 0.15) is 18.9 Å². The molecule has 128 valence electrons. The van der Waals surface area contributed by atoms with Gasteiger partial charge in [0.1, 0.15) is 29.9 Å². The summed E-state index contributed by atoms with van der Waals surface area (Å²) in [6.45, 7) is 3.31. The molecule has 1 aliphatic heterocycles. The van der Waals surface area contributed by atoms with Gasteiger partial charge in [0.15, 0.2) is 0 Å². The highest BCUT2D eigenvalue weighted by Gasteiger charge is 2.41. The fourth-order valence-electron chi connectivity index (χ4n) is 3.16. The quantitative estimate of drug-likeness (QED) is 0.851. The Morgan fingerprint density at radius 3 is 2.79 bits per heavy atom. The number of rotatable bonds is 5. The summed E-state index contributed by atoms with van der Waals surface area (Å²) in [7, 11) is 0. The lowest BCUT2D eigenvalue weighted by molar-refractivity contribution is -0.0614. The molecule has 0 amide bonds. The number of aliphatic hydroxyl groups is 1. The summed E-state index contributed by atoms with van der Waals surface area (Å²) in [4.78, 5) is 5.94. The van der Waals surface area contributed by atoms with E-state index in [1.54, 1.807) is 0 Å². The van der Waals surface area contributed by atoms with Crippen molar-refractivity contribution in [2.24, 2.45) is 0 Å². The first-order chi connectivity index (χ1) is 11.5. The maximum absolute atomic E-state index is 14.4. The average molecular weight is 334 g/mol. The Labute approximate surface area is 139 Å². The molecule has 3 rings (SSSR count). The van der Waals surface area contributed by atoms with Crippen molar-refractivity contribution < 1.29 is 13.9 Å². The van der Waals surface area contributed by atoms with Gasteiger partial charge in [0.2, 0.25) is 0 Å². The lowest BCUT2D eigenvalue weighted by Crippen LogP contribution is -2.52. The van der Waals surface area contributed by atoms with Gasteiger partial charge in [0, 0.05) is 30.8 Å². The molecule has 5 nitrogen and oxygen atoms in total. The van der Waals surface area contributed by atoms with E-state index in [9.17, 15) is 13.9 Å². The fraction of sp³-hybridized carbons (Fsp3) is 0.412. The molecule has 1 N–H and O–H groups in total. The van der Waals surface area contributed by atoms with E-state index in [1.165, 1.54) is 23.4 Å². The average Bonchev–Trinajstić information content (AvgIpc) is 3.07. The Morgan fingerprint density at radius 1 is 1.33 bits per heavy atom. The third-order valence-corrected chi connectivity index (χ3v) is 4.60. The maximum Gasteiger partial charge on any atom is 0.137 e. The van der Waals surface area contributed by atoms with Crippen LogP contribution in [0.15, 0.2) is 43.0 Å². The second-order valence-corrected chi connectivity index (χ2v) is 6.07. The van der Waals surface area contributed by atoms with Crippen molar-refractivity contribution in [1.29, 1.82) is 0 Å². The number of hydrogen-bond donors (Lipinski definition) is 1. The monoisotopic (exact) mass is 334 g/mol. The molecule has 0 bridgehead atoms. The summed E-state index contributed by atoms with van der Waals surface area (Å²) in [5.74, 6) is -1.44. The van der Waals surface area contributed by atoms with Crippen molar-refractivity contribution >= 4 is 0 Å². The van der Waals surface area contributed by atoms with Crippen molar-refractivity contribution in [1.82, 2.24) is 19.7 Å². The van der Waals surface area contributed by atoms with Gasteiger partial charge >= 0.3 is 0 Å². The van der Waals surface area contributed by atoms with E-state index in [1.807, 2.05) is 13.0 Å². The minimum atomic E-state index is -1.57. The number of nitrogens with zero attached hydrogens (tertiary/aromatic N) is 4. The van der Waals surface area contributed by atoms with Gasteiger partial charge in [0.25, 0.3) is 0 Å². The van der Waals surface area contributed by atoms with Crippen LogP contribution in [0.4, 0.5) is 8.78 Å². The zero-order valence-electron chi connectivity index (χ0n) is 13.4. The molecular weight excluding hydrogens is 314 g/mol. The lowest BCUT2D eigenvalue weighted by atomic mass is 9.85. The molecule has 2 unspecified atom stereocenters. The second kappa shape index (κ2) is 6.78. The number of halogens is 2. The standard InChI is InChI=1S/C17H20F2N4O/c1-13(22-7-3-2-4-8-22)17(24,10-23-12-20-11-21-23)15-6-5-14(18)9-16(15)19/h2-3,5-6,9,11-13,24H,4,7-8,10H2,1H3. The molecule has 0 fully saturated rings. The lowest BCUT2D eigenvalue weighted by Gasteiger charge is -2.41. The highest BCUT2D eigenvalue weighted by atomic mass is 19.1. The van der Waals surface area contributed by atoms with Gasteiger partial charge in [-0.2, -0.15) is 5.10 Å². The fourth-order valence-corrected chi connectivity index (χ4v) is 3.16. The number of hydrogen-bond acceptors (Lipinski definition) is 4. The van der Waals surface area contributed by atoms with Crippen molar-refractivity contribution in [3.05, 3.63) is 60.2 Å². The Kier molecular flexibility index (Phi) is 4.73. The van der Waals surface area contributed by atoms with Crippen LogP contribution in [-0.4, -0.2) is 43.9 Å². The van der Waals surface area contributed by atoms with E-state index in [-0.39, 0.29) is 12.1 Å². The van der Waals surface area contributed by atoms with E-state index in [2.05, 4.69) is 21.1 Å². The molecule has 1 aliphatic rings. The highest BCUT2D eigenvalue weighted by Crippen LogP contribution is 2.33. The first kappa shape index (κ1) is 16.7. The smallest absolute Gasteiger partial charge is 0.137 e. The summed E-state index contributed by atoms with van der Waals surface area (Å²) in [6.07, 6.45) is 7.80. The van der Waals surface area contributed by atoms with Crippen LogP contribution in [0.25, 0.3) is 0 Å². The van der Waals surface area contributed by atoms with Crippen LogP contribution < -0.4 is 0 Å². The molecule has 0 spiro atoms. The van der Waals surface area contributed by atoms with Gasteiger partial charge in [-0.05, 0) is 19.4 Å². The Bertz CT molecular complexity index is 719. The molecule has 0 saturated carbocycles. The van der Waals surface area contributed by atoms with E-state index in [4.69, 9.17) is 0 Å². The largest absolute Gasteiger partial charge is 0.381 e. The third-order valence-electron chi connectivity index (χ3n) is 4.60. The predicted octanol–water partition coefficient (Wildman–Crippen LogP) is 2.09. The Balaban J connectivity index is 2.00. The molecule has 24 heavy (non-hydrogen) atoms. The molecule has 2 aromatic rings. The first-order valence-corrected chi connectivity index (χ1v) is 7.90. The molecule has 7 heteroatoms. The van der Waals surface area contributed by atoms with Gasteiger partial charge in [-0.1, -0.05) is 18.2 Å². The minimum absolute atomic E-state index is 0.0247. The van der Waals surface area contributed by atoms with Crippen molar-refractivity contribution in [2.75, 3.05) is 13.1 Å². The van der Waals surface area contributed by atoms with Gasteiger partial charge in [-0.15, -0.1) is 0 Å². The molecule has 0 saturated heterocycles. The van der Waals surface area contributed by atoms with Gasteiger partial charge < -0.3 is 5.11 Å². The molecule has 0 aliphatic carbocycles. The zero-order valence-corrected chi connectivity index (χ0v) is 13.4. The molecule has 0 radical (unpaired) electrons. The normalized spacial score (nSPS) is 19.2. The number of benzene rings is 1. The summed E-state index contributed by atoms with van der Waals surface area (Å²) in [5.41, 5.74) is -1.52. The van der Waals surface area contributed by atoms with E-state index < -0.39 is 23.3 Å². The Hall–Kier alpha value is -2.12. The summed E-state index contributed by atoms with van der Waals surface area (Å²) in [5, 5.41) is 15.4. The van der Waals surface area contributed by atoms with Gasteiger partial charge in [0.05, 0.1) is 6.54 Å². The van der Waals surface area contributed by atoms with E-state index >= 15 is 0 Å². The summed E-state index contributed by atoms with van der Waals surface area (Å²) < 4.78 is 29.2. The van der Waals surface area contributed by atoms with Crippen LogP contribution in [0.3, 0.4) is 0 Å². The first-order valence-electron chi connectivity index (χ1n) is 7.90. The van der Waals surface area contributed by atoms with Crippen molar-refractivity contribution in [3.63, 3.8) is 0 Å². The predicted molar refractivity (Wildman–Crippen MR) is 85.1 cm³/mol. The molecule has 1 aromatic heterocycles. The second-order valence-electron chi connectivity index (χ2n) is 6.07. The SMILES string of the molecule is CC(N1CC=CCC1)C(O)(Cn1cncn1)c1ccc(F)cc1F. The van der Waals surface area contributed by atoms with E-state index in [0.717, 1.165) is 25.1 Å². The molecule has 1 aromatic carbocycles. The third kappa shape index (κ3) is 3.22. The van der Waals surface area contributed by atoms with Crippen molar-refractivity contribution in [3.8, 4) is 0 Å². The van der Waals surface area contributed by atoms with Crippen molar-refractivity contribution in [2.45, 2.75) is 31.5 Å². The topological polar surface area (TPSA) is 54.2 Å². The minimum Gasteiger partial charge on any atom is -0.381 e. The molecular formula is C17H20F2N4O. The van der Waals surface area contributed by atoms with E-state index in [0.29, 0.717) is 6.54 Å².